The topological polar surface area (TPSA) is 41.6 Å². The first kappa shape index (κ1) is 13.9. The molecule has 1 aliphatic rings. The van der Waals surface area contributed by atoms with Gasteiger partial charge in [0.25, 0.3) is 5.91 Å². The summed E-state index contributed by atoms with van der Waals surface area (Å²) in [5.41, 5.74) is 0.678. The van der Waals surface area contributed by atoms with E-state index >= 15 is 0 Å². The highest BCUT2D eigenvalue weighted by Gasteiger charge is 2.22. The summed E-state index contributed by atoms with van der Waals surface area (Å²) >= 11 is 0. The number of ether oxygens (including phenoxy) is 1. The summed E-state index contributed by atoms with van der Waals surface area (Å²) in [6.07, 6.45) is 0.964. The third-order valence-electron chi connectivity index (χ3n) is 3.18. The van der Waals surface area contributed by atoms with E-state index in [0.717, 1.165) is 19.5 Å². The van der Waals surface area contributed by atoms with Crippen LogP contribution in [0.2, 0.25) is 0 Å². The van der Waals surface area contributed by atoms with E-state index < -0.39 is 0 Å². The predicted octanol–water partition coefficient (Wildman–Crippen LogP) is 1.91. The van der Waals surface area contributed by atoms with Gasteiger partial charge in [-0.15, -0.1) is 0 Å². The van der Waals surface area contributed by atoms with Gasteiger partial charge in [0.2, 0.25) is 0 Å². The molecule has 0 aromatic heterocycles. The number of benzene rings is 1. The lowest BCUT2D eigenvalue weighted by Crippen LogP contribution is -2.35. The van der Waals surface area contributed by atoms with E-state index in [2.05, 4.69) is 19.2 Å². The molecule has 1 amide bonds. The lowest BCUT2D eigenvalue weighted by Gasteiger charge is -2.20. The molecule has 104 valence electrons. The number of para-hydroxylation sites is 1. The molecule has 0 unspecified atom stereocenters. The van der Waals surface area contributed by atoms with Crippen molar-refractivity contribution in [1.29, 1.82) is 0 Å². The molecule has 0 aliphatic carbocycles. The number of nitrogens with one attached hydrogen (secondary N) is 1. The summed E-state index contributed by atoms with van der Waals surface area (Å²) in [6.45, 7) is 7.19. The van der Waals surface area contributed by atoms with Crippen molar-refractivity contribution in [3.8, 4) is 5.75 Å². The molecule has 1 aromatic rings. The van der Waals surface area contributed by atoms with Crippen LogP contribution in [0.15, 0.2) is 24.3 Å². The molecule has 0 atom stereocenters. The fourth-order valence-corrected chi connectivity index (χ4v) is 2.18. The standard InChI is InChI=1S/C15H22N2O2/c1-12(2)16-8-5-9-17-10-11-19-14-7-4-3-6-13(14)15(17)18/h3-4,6-7,12,16H,5,8-11H2,1-2H3. The molecule has 0 fully saturated rings. The van der Waals surface area contributed by atoms with Crippen LogP contribution in [0.4, 0.5) is 0 Å². The summed E-state index contributed by atoms with van der Waals surface area (Å²) in [5, 5.41) is 3.37. The lowest BCUT2D eigenvalue weighted by molar-refractivity contribution is 0.0753. The average molecular weight is 262 g/mol. The minimum Gasteiger partial charge on any atom is -0.491 e. The molecule has 0 saturated carbocycles. The molecule has 0 bridgehead atoms. The molecule has 19 heavy (non-hydrogen) atoms. The Kier molecular flexibility index (Phi) is 4.80. The van der Waals surface area contributed by atoms with E-state index in [9.17, 15) is 4.79 Å². The summed E-state index contributed by atoms with van der Waals surface area (Å²) < 4.78 is 5.62. The Morgan fingerprint density at radius 1 is 1.37 bits per heavy atom. The molecule has 1 heterocycles. The van der Waals surface area contributed by atoms with Crippen molar-refractivity contribution in [2.45, 2.75) is 26.3 Å². The highest BCUT2D eigenvalue weighted by Crippen LogP contribution is 2.22. The van der Waals surface area contributed by atoms with Crippen LogP contribution >= 0.6 is 0 Å². The highest BCUT2D eigenvalue weighted by atomic mass is 16.5. The van der Waals surface area contributed by atoms with Gasteiger partial charge in [0, 0.05) is 12.6 Å². The van der Waals surface area contributed by atoms with Crippen molar-refractivity contribution in [1.82, 2.24) is 10.2 Å². The van der Waals surface area contributed by atoms with Crippen LogP contribution in [-0.4, -0.2) is 43.1 Å². The summed E-state index contributed by atoms with van der Waals surface area (Å²) in [6, 6.07) is 7.96. The Labute approximate surface area is 114 Å². The van der Waals surface area contributed by atoms with Crippen molar-refractivity contribution in [2.24, 2.45) is 0 Å². The number of nitrogens with zero attached hydrogens (tertiary/aromatic N) is 1. The van der Waals surface area contributed by atoms with Gasteiger partial charge in [0.1, 0.15) is 12.4 Å². The zero-order valence-corrected chi connectivity index (χ0v) is 11.7. The Morgan fingerprint density at radius 3 is 2.95 bits per heavy atom. The normalized spacial score (nSPS) is 15.1. The molecular weight excluding hydrogens is 240 g/mol. The molecule has 4 nitrogen and oxygen atoms in total. The van der Waals surface area contributed by atoms with Crippen molar-refractivity contribution in [3.05, 3.63) is 29.8 Å². The maximum absolute atomic E-state index is 12.4. The van der Waals surface area contributed by atoms with Gasteiger partial charge in [-0.05, 0) is 25.1 Å². The highest BCUT2D eigenvalue weighted by molar-refractivity contribution is 5.97. The third kappa shape index (κ3) is 3.70. The van der Waals surface area contributed by atoms with Crippen LogP contribution in [0.25, 0.3) is 0 Å². The molecule has 0 radical (unpaired) electrons. The quantitative estimate of drug-likeness (QED) is 0.824. The van der Waals surface area contributed by atoms with Gasteiger partial charge < -0.3 is 15.0 Å². The molecule has 1 N–H and O–H groups in total. The SMILES string of the molecule is CC(C)NCCCN1CCOc2ccccc2C1=O. The second-order valence-electron chi connectivity index (χ2n) is 5.10. The minimum absolute atomic E-state index is 0.0812. The fraction of sp³-hybridized carbons (Fsp3) is 0.533. The maximum atomic E-state index is 12.4. The smallest absolute Gasteiger partial charge is 0.257 e. The van der Waals surface area contributed by atoms with E-state index in [1.807, 2.05) is 29.2 Å². The Morgan fingerprint density at radius 2 is 2.16 bits per heavy atom. The molecule has 1 aromatic carbocycles. The number of hydrogen-bond acceptors (Lipinski definition) is 3. The summed E-state index contributed by atoms with van der Waals surface area (Å²) in [5.74, 6) is 0.785. The zero-order chi connectivity index (χ0) is 13.7. The van der Waals surface area contributed by atoms with Crippen LogP contribution in [-0.2, 0) is 0 Å². The van der Waals surface area contributed by atoms with Crippen LogP contribution in [0, 0.1) is 0 Å². The summed E-state index contributed by atoms with van der Waals surface area (Å²) in [7, 11) is 0. The van der Waals surface area contributed by atoms with Gasteiger partial charge in [-0.1, -0.05) is 26.0 Å². The second kappa shape index (κ2) is 6.57. The zero-order valence-electron chi connectivity index (χ0n) is 11.7. The van der Waals surface area contributed by atoms with Crippen LogP contribution in [0.5, 0.6) is 5.75 Å². The van der Waals surface area contributed by atoms with E-state index in [-0.39, 0.29) is 5.91 Å². The largest absolute Gasteiger partial charge is 0.491 e. The van der Waals surface area contributed by atoms with E-state index in [4.69, 9.17) is 4.74 Å². The van der Waals surface area contributed by atoms with Gasteiger partial charge in [-0.3, -0.25) is 4.79 Å². The first-order valence-corrected chi connectivity index (χ1v) is 6.93. The van der Waals surface area contributed by atoms with Gasteiger partial charge in [-0.2, -0.15) is 0 Å². The van der Waals surface area contributed by atoms with Gasteiger partial charge in [0.05, 0.1) is 12.1 Å². The number of carbonyl (C=O) groups is 1. The van der Waals surface area contributed by atoms with Crippen molar-refractivity contribution in [2.75, 3.05) is 26.2 Å². The Balaban J connectivity index is 1.94. The van der Waals surface area contributed by atoms with Crippen molar-refractivity contribution in [3.63, 3.8) is 0 Å². The van der Waals surface area contributed by atoms with E-state index in [1.54, 1.807) is 0 Å². The van der Waals surface area contributed by atoms with Gasteiger partial charge in [0.15, 0.2) is 0 Å². The van der Waals surface area contributed by atoms with Crippen LogP contribution in [0.1, 0.15) is 30.6 Å². The first-order valence-electron chi connectivity index (χ1n) is 6.93. The number of rotatable bonds is 5. The van der Waals surface area contributed by atoms with Gasteiger partial charge in [-0.25, -0.2) is 0 Å². The van der Waals surface area contributed by atoms with Gasteiger partial charge >= 0.3 is 0 Å². The number of carbonyl (C=O) groups excluding carboxylic acids is 1. The Bertz CT molecular complexity index is 432. The minimum atomic E-state index is 0.0812. The predicted molar refractivity (Wildman–Crippen MR) is 75.6 cm³/mol. The molecule has 0 saturated heterocycles. The number of hydrogen-bond donors (Lipinski definition) is 1. The number of fused-ring (bicyclic) bond motifs is 1. The monoisotopic (exact) mass is 262 g/mol. The average Bonchev–Trinajstić information content (AvgIpc) is 2.55. The second-order valence-corrected chi connectivity index (χ2v) is 5.10. The molecular formula is C15H22N2O2. The van der Waals surface area contributed by atoms with Crippen molar-refractivity contribution < 1.29 is 9.53 Å². The van der Waals surface area contributed by atoms with Crippen molar-refractivity contribution >= 4 is 5.91 Å². The maximum Gasteiger partial charge on any atom is 0.257 e. The summed E-state index contributed by atoms with van der Waals surface area (Å²) in [4.78, 5) is 14.3. The molecule has 0 spiro atoms. The molecule has 4 heteroatoms. The third-order valence-corrected chi connectivity index (χ3v) is 3.18. The van der Waals surface area contributed by atoms with Crippen LogP contribution < -0.4 is 10.1 Å². The van der Waals surface area contributed by atoms with Crippen LogP contribution in [0.3, 0.4) is 0 Å². The van der Waals surface area contributed by atoms with E-state index in [0.29, 0.717) is 30.5 Å². The van der Waals surface area contributed by atoms with E-state index in [1.165, 1.54) is 0 Å². The first-order chi connectivity index (χ1) is 9.18. The molecule has 2 rings (SSSR count). The lowest BCUT2D eigenvalue weighted by atomic mass is 10.1. The molecule has 1 aliphatic heterocycles. The fourth-order valence-electron chi connectivity index (χ4n) is 2.18. The number of amides is 1. The Hall–Kier alpha value is -1.55.